The Morgan fingerprint density at radius 3 is 1.40 bits per heavy atom. The monoisotopic (exact) mass is 413 g/mol. The van der Waals surface area contributed by atoms with E-state index in [1.54, 1.807) is 0 Å². The lowest BCUT2D eigenvalue weighted by Gasteiger charge is -2.22. The highest BCUT2D eigenvalue weighted by molar-refractivity contribution is 5.47. The van der Waals surface area contributed by atoms with Crippen molar-refractivity contribution in [3.8, 4) is 0 Å². The first kappa shape index (κ1) is 27.0. The fraction of sp³-hybridized carbons (Fsp3) is 0.724. The lowest BCUT2D eigenvalue weighted by atomic mass is 10.1. The zero-order chi connectivity index (χ0) is 21.7. The van der Waals surface area contributed by atoms with Crippen LogP contribution in [-0.2, 0) is 6.54 Å². The molecule has 0 atom stereocenters. The molecule has 0 N–H and O–H groups in total. The minimum atomic E-state index is 1.10. The molecule has 0 heterocycles. The van der Waals surface area contributed by atoms with Gasteiger partial charge in [0.2, 0.25) is 0 Å². The molecule has 0 aliphatic carbocycles. The number of hydrogen-bond acceptors (Lipinski definition) is 1. The van der Waals surface area contributed by atoms with Crippen LogP contribution in [-0.4, -0.2) is 18.0 Å². The molecule has 0 aliphatic rings. The van der Waals surface area contributed by atoms with Crippen LogP contribution in [0.25, 0.3) is 6.08 Å². The lowest BCUT2D eigenvalue weighted by molar-refractivity contribution is 0.252. The van der Waals surface area contributed by atoms with E-state index in [1.165, 1.54) is 127 Å². The quantitative estimate of drug-likeness (QED) is 0.181. The third-order valence-corrected chi connectivity index (χ3v) is 6.28. The Morgan fingerprint density at radius 1 is 0.600 bits per heavy atom. The minimum Gasteiger partial charge on any atom is -0.299 e. The van der Waals surface area contributed by atoms with Crippen LogP contribution in [0.1, 0.15) is 128 Å². The first-order chi connectivity index (χ1) is 14.8. The largest absolute Gasteiger partial charge is 0.299 e. The van der Waals surface area contributed by atoms with Gasteiger partial charge in [0.05, 0.1) is 0 Å². The van der Waals surface area contributed by atoms with E-state index in [2.05, 4.69) is 49.6 Å². The molecule has 0 aliphatic heterocycles. The van der Waals surface area contributed by atoms with Gasteiger partial charge in [0.1, 0.15) is 0 Å². The number of rotatable bonds is 21. The van der Waals surface area contributed by atoms with Crippen molar-refractivity contribution in [1.82, 2.24) is 4.90 Å². The Kier molecular flexibility index (Phi) is 17.8. The third-order valence-electron chi connectivity index (χ3n) is 6.28. The smallest absolute Gasteiger partial charge is 0.0233 e. The summed E-state index contributed by atoms with van der Waals surface area (Å²) in [5.41, 5.74) is 2.66. The fourth-order valence-electron chi connectivity index (χ4n) is 4.23. The van der Waals surface area contributed by atoms with E-state index in [0.717, 1.165) is 6.54 Å². The second-order valence-electron chi connectivity index (χ2n) is 9.17. The maximum Gasteiger partial charge on any atom is 0.0233 e. The van der Waals surface area contributed by atoms with Gasteiger partial charge in [-0.1, -0.05) is 141 Å². The van der Waals surface area contributed by atoms with E-state index >= 15 is 0 Å². The summed E-state index contributed by atoms with van der Waals surface area (Å²) in [6.45, 7) is 12.1. The highest BCUT2D eigenvalue weighted by Crippen LogP contribution is 2.14. The third kappa shape index (κ3) is 14.8. The van der Waals surface area contributed by atoms with Crippen molar-refractivity contribution in [3.05, 3.63) is 42.0 Å². The number of hydrogen-bond donors (Lipinski definition) is 0. The van der Waals surface area contributed by atoms with Gasteiger partial charge in [0, 0.05) is 6.54 Å². The lowest BCUT2D eigenvalue weighted by Crippen LogP contribution is -2.25. The summed E-state index contributed by atoms with van der Waals surface area (Å²) < 4.78 is 0. The number of nitrogens with zero attached hydrogens (tertiary/aromatic N) is 1. The van der Waals surface area contributed by atoms with Gasteiger partial charge in [-0.25, -0.2) is 0 Å². The van der Waals surface area contributed by atoms with Crippen molar-refractivity contribution in [1.29, 1.82) is 0 Å². The van der Waals surface area contributed by atoms with Gasteiger partial charge < -0.3 is 0 Å². The standard InChI is InChI=1S/C29H51N/c1-4-7-9-11-13-15-17-19-25-30(26-20-18-16-14-12-10-8-5-2)27-29-23-21-28(6-3)22-24-29/h6,21-24H,3-5,7-20,25-27H2,1-2H3. The molecule has 172 valence electrons. The molecule has 30 heavy (non-hydrogen) atoms. The minimum absolute atomic E-state index is 1.10. The molecule has 1 rings (SSSR count). The normalized spacial score (nSPS) is 11.3. The highest BCUT2D eigenvalue weighted by Gasteiger charge is 2.06. The van der Waals surface area contributed by atoms with Crippen LogP contribution in [0.15, 0.2) is 30.8 Å². The molecule has 1 aromatic rings. The van der Waals surface area contributed by atoms with Gasteiger partial charge in [0.15, 0.2) is 0 Å². The van der Waals surface area contributed by atoms with Gasteiger partial charge in [-0.05, 0) is 37.1 Å². The summed E-state index contributed by atoms with van der Waals surface area (Å²) >= 11 is 0. The van der Waals surface area contributed by atoms with Crippen molar-refractivity contribution in [2.24, 2.45) is 0 Å². The highest BCUT2D eigenvalue weighted by atomic mass is 15.1. The van der Waals surface area contributed by atoms with Crippen LogP contribution in [0, 0.1) is 0 Å². The molecule has 0 saturated carbocycles. The second kappa shape index (κ2) is 19.9. The topological polar surface area (TPSA) is 3.24 Å². The van der Waals surface area contributed by atoms with Crippen LogP contribution in [0.2, 0.25) is 0 Å². The first-order valence-corrected chi connectivity index (χ1v) is 13.2. The summed E-state index contributed by atoms with van der Waals surface area (Å²) in [6.07, 6.45) is 24.4. The molecule has 1 aromatic carbocycles. The van der Waals surface area contributed by atoms with Gasteiger partial charge in [-0.3, -0.25) is 4.90 Å². The molecule has 0 saturated heterocycles. The number of benzene rings is 1. The molecule has 0 spiro atoms. The Balaban J connectivity index is 2.28. The van der Waals surface area contributed by atoms with Gasteiger partial charge >= 0.3 is 0 Å². The van der Waals surface area contributed by atoms with E-state index in [4.69, 9.17) is 0 Å². The summed E-state index contributed by atoms with van der Waals surface area (Å²) in [6, 6.07) is 8.97. The molecule has 0 aromatic heterocycles. The van der Waals surface area contributed by atoms with Crippen LogP contribution < -0.4 is 0 Å². The van der Waals surface area contributed by atoms with E-state index in [-0.39, 0.29) is 0 Å². The average molecular weight is 414 g/mol. The Morgan fingerprint density at radius 2 is 1.00 bits per heavy atom. The Hall–Kier alpha value is -1.08. The summed E-state index contributed by atoms with van der Waals surface area (Å²) in [4.78, 5) is 2.71. The van der Waals surface area contributed by atoms with Gasteiger partial charge in [0.25, 0.3) is 0 Å². The van der Waals surface area contributed by atoms with Crippen molar-refractivity contribution in [2.45, 2.75) is 123 Å². The second-order valence-corrected chi connectivity index (χ2v) is 9.17. The van der Waals surface area contributed by atoms with Crippen LogP contribution in [0.5, 0.6) is 0 Å². The maximum absolute atomic E-state index is 3.87. The van der Waals surface area contributed by atoms with Crippen molar-refractivity contribution >= 4 is 6.08 Å². The Labute approximate surface area is 189 Å². The van der Waals surface area contributed by atoms with E-state index in [1.807, 2.05) is 6.08 Å². The molecule has 1 nitrogen and oxygen atoms in total. The molecule has 0 bridgehead atoms. The van der Waals surface area contributed by atoms with E-state index in [9.17, 15) is 0 Å². The zero-order valence-electron chi connectivity index (χ0n) is 20.5. The molecule has 0 unspecified atom stereocenters. The van der Waals surface area contributed by atoms with Crippen molar-refractivity contribution in [3.63, 3.8) is 0 Å². The average Bonchev–Trinajstić information content (AvgIpc) is 2.77. The van der Waals surface area contributed by atoms with Gasteiger partial charge in [-0.2, -0.15) is 0 Å². The van der Waals surface area contributed by atoms with E-state index in [0.29, 0.717) is 0 Å². The first-order valence-electron chi connectivity index (χ1n) is 13.2. The molecule has 0 amide bonds. The molecular weight excluding hydrogens is 362 g/mol. The molecule has 1 heteroatoms. The molecule has 0 fully saturated rings. The summed E-state index contributed by atoms with van der Waals surface area (Å²) in [7, 11) is 0. The molecular formula is C29H51N. The van der Waals surface area contributed by atoms with Crippen LogP contribution >= 0.6 is 0 Å². The predicted molar refractivity (Wildman–Crippen MR) is 137 cm³/mol. The fourth-order valence-corrected chi connectivity index (χ4v) is 4.23. The van der Waals surface area contributed by atoms with Crippen molar-refractivity contribution < 1.29 is 0 Å². The summed E-state index contributed by atoms with van der Waals surface area (Å²) in [5, 5.41) is 0. The molecule has 0 radical (unpaired) electrons. The van der Waals surface area contributed by atoms with E-state index < -0.39 is 0 Å². The van der Waals surface area contributed by atoms with Crippen LogP contribution in [0.3, 0.4) is 0 Å². The Bertz CT molecular complexity index is 470. The van der Waals surface area contributed by atoms with Crippen LogP contribution in [0.4, 0.5) is 0 Å². The maximum atomic E-state index is 3.87. The van der Waals surface area contributed by atoms with Crippen molar-refractivity contribution in [2.75, 3.05) is 13.1 Å². The predicted octanol–water partition coefficient (Wildman–Crippen LogP) is 9.41. The number of unbranched alkanes of at least 4 members (excludes halogenated alkanes) is 14. The SMILES string of the molecule is C=Cc1ccc(CN(CCCCCCCCCC)CCCCCCCCCC)cc1. The zero-order valence-corrected chi connectivity index (χ0v) is 20.5. The summed E-state index contributed by atoms with van der Waals surface area (Å²) in [5.74, 6) is 0. The van der Waals surface area contributed by atoms with Gasteiger partial charge in [-0.15, -0.1) is 0 Å².